The average molecular weight is 585 g/mol. The Balaban J connectivity index is 1.83. The van der Waals surface area contributed by atoms with Gasteiger partial charge >= 0.3 is 0 Å². The number of amides is 2. The lowest BCUT2D eigenvalue weighted by molar-refractivity contribution is 0.0605. The van der Waals surface area contributed by atoms with Gasteiger partial charge in [-0.15, -0.1) is 13.2 Å². The molecule has 12 heteroatoms. The molecule has 0 bridgehead atoms. The number of carbonyl (C=O) groups excluding carboxylic acids is 2. The third kappa shape index (κ3) is 5.92. The zero-order valence-electron chi connectivity index (χ0n) is 22.7. The molecule has 1 aromatic heterocycles. The van der Waals surface area contributed by atoms with E-state index >= 15 is 0 Å². The van der Waals surface area contributed by atoms with Crippen molar-refractivity contribution in [2.24, 2.45) is 0 Å². The fourth-order valence-electron chi connectivity index (χ4n) is 4.41. The molecule has 220 valence electrons. The summed E-state index contributed by atoms with van der Waals surface area (Å²) in [5, 5.41) is 3.83. The molecule has 2 atom stereocenters. The molecule has 0 fully saturated rings. The first-order chi connectivity index (χ1) is 20.1. The zero-order valence-corrected chi connectivity index (χ0v) is 22.7. The Morgan fingerprint density at radius 1 is 1.10 bits per heavy atom. The molecule has 0 saturated carbocycles. The summed E-state index contributed by atoms with van der Waals surface area (Å²) in [6, 6.07) is 8.14. The van der Waals surface area contributed by atoms with E-state index in [2.05, 4.69) is 18.5 Å². The topological polar surface area (TPSA) is 83.9 Å². The molecule has 0 saturated heterocycles. The smallest absolute Gasteiger partial charge is 0.278 e. The van der Waals surface area contributed by atoms with Crippen molar-refractivity contribution in [2.45, 2.75) is 32.2 Å². The standard InChI is InChI=1S/C30H28F4N4O4/c1-4-18(3)38-17-36(21(5-2)13-31)30(41)26-28(42-16-19-9-7-6-8-10-19)27(39)23(15-37(26)38)29(40)35-14-22-24(33)11-20(32)12-25(22)34/h4-12,15,18,21H,1-2,13-14,16-17H2,3H3,(H,35,40). The Labute approximate surface area is 239 Å². The molecule has 1 aliphatic rings. The molecule has 1 aliphatic heterocycles. The van der Waals surface area contributed by atoms with Crippen molar-refractivity contribution in [3.63, 3.8) is 0 Å². The maximum Gasteiger partial charge on any atom is 0.278 e. The molecule has 3 aromatic rings. The van der Waals surface area contributed by atoms with Gasteiger partial charge in [-0.2, -0.15) is 0 Å². The van der Waals surface area contributed by atoms with Crippen LogP contribution in [-0.2, 0) is 13.2 Å². The number of aromatic nitrogens is 1. The van der Waals surface area contributed by atoms with Crippen molar-refractivity contribution in [3.05, 3.63) is 124 Å². The van der Waals surface area contributed by atoms with Gasteiger partial charge in [-0.3, -0.25) is 24.1 Å². The number of nitrogens with zero attached hydrogens (tertiary/aromatic N) is 3. The maximum absolute atomic E-state index is 14.2. The van der Waals surface area contributed by atoms with Crippen LogP contribution in [0, 0.1) is 17.5 Å². The van der Waals surface area contributed by atoms with Gasteiger partial charge in [0, 0.05) is 30.4 Å². The predicted molar refractivity (Wildman–Crippen MR) is 148 cm³/mol. The van der Waals surface area contributed by atoms with Gasteiger partial charge < -0.3 is 15.0 Å². The second-order valence-electron chi connectivity index (χ2n) is 9.49. The molecule has 2 heterocycles. The van der Waals surface area contributed by atoms with Crippen LogP contribution in [0.5, 0.6) is 5.75 Å². The van der Waals surface area contributed by atoms with Crippen molar-refractivity contribution in [1.29, 1.82) is 0 Å². The lowest BCUT2D eigenvalue weighted by Crippen LogP contribution is -2.59. The quantitative estimate of drug-likeness (QED) is 0.270. The molecule has 0 radical (unpaired) electrons. The first-order valence-corrected chi connectivity index (χ1v) is 12.9. The van der Waals surface area contributed by atoms with E-state index in [0.29, 0.717) is 17.7 Å². The number of benzene rings is 2. The van der Waals surface area contributed by atoms with Crippen LogP contribution in [0.1, 0.15) is 38.9 Å². The summed E-state index contributed by atoms with van der Waals surface area (Å²) >= 11 is 0. The third-order valence-corrected chi connectivity index (χ3v) is 6.83. The van der Waals surface area contributed by atoms with Crippen molar-refractivity contribution in [2.75, 3.05) is 18.4 Å². The van der Waals surface area contributed by atoms with Crippen molar-refractivity contribution >= 4 is 11.8 Å². The summed E-state index contributed by atoms with van der Waals surface area (Å²) < 4.78 is 62.7. The minimum atomic E-state index is -1.22. The lowest BCUT2D eigenvalue weighted by atomic mass is 10.1. The van der Waals surface area contributed by atoms with Gasteiger partial charge in [0.1, 0.15) is 43.0 Å². The molecule has 0 aliphatic carbocycles. The largest absolute Gasteiger partial charge is 0.482 e. The highest BCUT2D eigenvalue weighted by Crippen LogP contribution is 2.26. The first kappa shape index (κ1) is 30.1. The predicted octanol–water partition coefficient (Wildman–Crippen LogP) is 4.22. The van der Waals surface area contributed by atoms with Crippen LogP contribution in [0.3, 0.4) is 0 Å². The number of pyridine rings is 1. The van der Waals surface area contributed by atoms with E-state index in [9.17, 15) is 31.9 Å². The molecule has 8 nitrogen and oxygen atoms in total. The van der Waals surface area contributed by atoms with E-state index in [-0.39, 0.29) is 19.0 Å². The molecule has 42 heavy (non-hydrogen) atoms. The van der Waals surface area contributed by atoms with Gasteiger partial charge in [-0.1, -0.05) is 42.5 Å². The lowest BCUT2D eigenvalue weighted by Gasteiger charge is -2.44. The SMILES string of the molecule is C=CC(CF)N1CN(C(C)C=C)n2cc(C(=O)NCc3c(F)cc(F)cc3F)c(=O)c(OCc3ccccc3)c2C1=O. The highest BCUT2D eigenvalue weighted by atomic mass is 19.1. The second-order valence-corrected chi connectivity index (χ2v) is 9.49. The minimum absolute atomic E-state index is 0.154. The van der Waals surface area contributed by atoms with Crippen LogP contribution in [0.2, 0.25) is 0 Å². The van der Waals surface area contributed by atoms with Gasteiger partial charge in [0.05, 0.1) is 12.1 Å². The third-order valence-electron chi connectivity index (χ3n) is 6.83. The summed E-state index contributed by atoms with van der Waals surface area (Å²) in [6.07, 6.45) is 3.91. The molecule has 1 N–H and O–H groups in total. The van der Waals surface area contributed by atoms with Crippen LogP contribution in [0.4, 0.5) is 17.6 Å². The van der Waals surface area contributed by atoms with E-state index in [1.807, 2.05) is 0 Å². The average Bonchev–Trinajstić information content (AvgIpc) is 2.97. The van der Waals surface area contributed by atoms with E-state index in [0.717, 1.165) is 6.20 Å². The number of fused-ring (bicyclic) bond motifs is 1. The van der Waals surface area contributed by atoms with E-state index in [1.165, 1.54) is 15.7 Å². The number of hydrogen-bond acceptors (Lipinski definition) is 5. The van der Waals surface area contributed by atoms with Gasteiger partial charge in [0.15, 0.2) is 11.4 Å². The molecule has 2 amide bonds. The summed E-state index contributed by atoms with van der Waals surface area (Å²) in [5.41, 5.74) is -1.71. The van der Waals surface area contributed by atoms with E-state index in [4.69, 9.17) is 4.74 Å². The number of nitrogens with one attached hydrogen (secondary N) is 1. The van der Waals surface area contributed by atoms with Crippen molar-refractivity contribution in [1.82, 2.24) is 14.9 Å². The number of carbonyl (C=O) groups is 2. The number of ether oxygens (including phenoxy) is 1. The van der Waals surface area contributed by atoms with Crippen LogP contribution < -0.4 is 20.5 Å². The summed E-state index contributed by atoms with van der Waals surface area (Å²) in [5.74, 6) is -5.83. The molecule has 4 rings (SSSR count). The molecular weight excluding hydrogens is 556 g/mol. The first-order valence-electron chi connectivity index (χ1n) is 12.9. The van der Waals surface area contributed by atoms with Gasteiger partial charge in [-0.25, -0.2) is 17.6 Å². The van der Waals surface area contributed by atoms with Crippen molar-refractivity contribution in [3.8, 4) is 5.75 Å². The van der Waals surface area contributed by atoms with Gasteiger partial charge in [0.25, 0.3) is 11.8 Å². The molecule has 0 spiro atoms. The Morgan fingerprint density at radius 3 is 2.36 bits per heavy atom. The summed E-state index contributed by atoms with van der Waals surface area (Å²) in [7, 11) is 0. The second kappa shape index (κ2) is 12.8. The Hall–Kier alpha value is -4.87. The van der Waals surface area contributed by atoms with E-state index in [1.54, 1.807) is 48.3 Å². The Morgan fingerprint density at radius 2 is 1.76 bits per heavy atom. The van der Waals surface area contributed by atoms with Crippen molar-refractivity contribution < 1.29 is 31.9 Å². The molecule has 2 aromatic carbocycles. The minimum Gasteiger partial charge on any atom is -0.482 e. The highest BCUT2D eigenvalue weighted by Gasteiger charge is 2.38. The number of hydrogen-bond donors (Lipinski definition) is 1. The fourth-order valence-corrected chi connectivity index (χ4v) is 4.41. The highest BCUT2D eigenvalue weighted by molar-refractivity contribution is 5.99. The molecular formula is C30H28F4N4O4. The van der Waals surface area contributed by atoms with Crippen LogP contribution in [0.15, 0.2) is 78.8 Å². The van der Waals surface area contributed by atoms with E-state index < -0.39 is 76.9 Å². The number of halogens is 4. The normalized spacial score (nSPS) is 14.2. The monoisotopic (exact) mass is 584 g/mol. The maximum atomic E-state index is 14.2. The Bertz CT molecular complexity index is 1550. The summed E-state index contributed by atoms with van der Waals surface area (Å²) in [4.78, 5) is 41.8. The van der Waals surface area contributed by atoms with Crippen LogP contribution in [0.25, 0.3) is 0 Å². The number of rotatable bonds is 11. The Kier molecular flexibility index (Phi) is 9.14. The molecule has 2 unspecified atom stereocenters. The summed E-state index contributed by atoms with van der Waals surface area (Å²) in [6.45, 7) is 7.16. The van der Waals surface area contributed by atoms with Gasteiger partial charge in [0.2, 0.25) is 5.43 Å². The fraction of sp³-hybridized carbons (Fsp3) is 0.233. The van der Waals surface area contributed by atoms with Crippen LogP contribution in [-0.4, -0.2) is 46.8 Å². The number of alkyl halides is 1. The zero-order chi connectivity index (χ0) is 30.6. The van der Waals surface area contributed by atoms with Crippen LogP contribution >= 0.6 is 0 Å². The van der Waals surface area contributed by atoms with Gasteiger partial charge in [-0.05, 0) is 12.5 Å².